The first-order chi connectivity index (χ1) is 17.5. The minimum absolute atomic E-state index is 0.0395. The van der Waals surface area contributed by atoms with Gasteiger partial charge in [-0.15, -0.1) is 5.92 Å². The van der Waals surface area contributed by atoms with Crippen LogP contribution in [-0.2, 0) is 13.1 Å². The Kier molecular flexibility index (Phi) is 5.57. The molecular formula is C26H28N8O2. The molecule has 0 aromatic carbocycles. The van der Waals surface area contributed by atoms with Crippen LogP contribution >= 0.6 is 0 Å². The van der Waals surface area contributed by atoms with E-state index in [1.807, 2.05) is 28.8 Å². The third-order valence-corrected chi connectivity index (χ3v) is 6.94. The summed E-state index contributed by atoms with van der Waals surface area (Å²) in [5.41, 5.74) is 8.48. The molecule has 2 fully saturated rings. The molecular weight excluding hydrogens is 456 g/mol. The molecule has 10 heteroatoms. The first kappa shape index (κ1) is 22.5. The zero-order valence-corrected chi connectivity index (χ0v) is 20.2. The molecule has 0 unspecified atom stereocenters. The van der Waals surface area contributed by atoms with Gasteiger partial charge in [0, 0.05) is 31.4 Å². The van der Waals surface area contributed by atoms with Crippen LogP contribution in [0.5, 0.6) is 0 Å². The Bertz CT molecular complexity index is 1650. The third kappa shape index (κ3) is 3.85. The van der Waals surface area contributed by atoms with E-state index in [-0.39, 0.29) is 29.9 Å². The lowest BCUT2D eigenvalue weighted by Gasteiger charge is -2.31. The molecule has 5 heterocycles. The average Bonchev–Trinajstić information content (AvgIpc) is 3.65. The van der Waals surface area contributed by atoms with Crippen molar-refractivity contribution in [3.05, 3.63) is 57.0 Å². The Hall–Kier alpha value is -3.97. The lowest BCUT2D eigenvalue weighted by atomic mass is 10.1. The van der Waals surface area contributed by atoms with Crippen molar-refractivity contribution in [1.29, 1.82) is 0 Å². The number of hydrogen-bond donors (Lipinski definition) is 1. The molecule has 1 saturated heterocycles. The maximum atomic E-state index is 13.9. The molecule has 0 amide bonds. The van der Waals surface area contributed by atoms with Crippen molar-refractivity contribution in [3.63, 3.8) is 0 Å². The molecule has 36 heavy (non-hydrogen) atoms. The summed E-state index contributed by atoms with van der Waals surface area (Å²) >= 11 is 0. The second-order valence-electron chi connectivity index (χ2n) is 9.56. The molecule has 0 bridgehead atoms. The fraction of sp³-hybridized carbons (Fsp3) is 0.423. The SMILES string of the molecule is CC#CCn1c(N2CCC[C@@H](N)C2)nc2c1c(=O)n(Cc1ccc3ncccc3n1)c(=O)n2C1CC1. The number of pyridine rings is 2. The summed E-state index contributed by atoms with van der Waals surface area (Å²) in [6.07, 6.45) is 5.40. The second kappa shape index (κ2) is 8.91. The Balaban J connectivity index is 1.55. The zero-order valence-electron chi connectivity index (χ0n) is 20.2. The molecule has 184 valence electrons. The van der Waals surface area contributed by atoms with Gasteiger partial charge in [-0.05, 0) is 56.9 Å². The lowest BCUT2D eigenvalue weighted by Crippen LogP contribution is -2.44. The Morgan fingerprint density at radius 2 is 1.94 bits per heavy atom. The van der Waals surface area contributed by atoms with Gasteiger partial charge in [-0.25, -0.2) is 9.78 Å². The monoisotopic (exact) mass is 484 g/mol. The highest BCUT2D eigenvalue weighted by atomic mass is 16.2. The molecule has 1 aliphatic heterocycles. The zero-order chi connectivity index (χ0) is 24.8. The van der Waals surface area contributed by atoms with Crippen LogP contribution in [0.3, 0.4) is 0 Å². The smallest absolute Gasteiger partial charge is 0.333 e. The van der Waals surface area contributed by atoms with Gasteiger partial charge in [0.25, 0.3) is 5.56 Å². The summed E-state index contributed by atoms with van der Waals surface area (Å²) in [4.78, 5) is 43.6. The van der Waals surface area contributed by atoms with Gasteiger partial charge in [-0.2, -0.15) is 4.98 Å². The number of piperidine rings is 1. The lowest BCUT2D eigenvalue weighted by molar-refractivity contribution is 0.496. The number of rotatable bonds is 5. The predicted octanol–water partition coefficient (Wildman–Crippen LogP) is 1.64. The van der Waals surface area contributed by atoms with E-state index in [1.165, 1.54) is 4.57 Å². The van der Waals surface area contributed by atoms with Crippen molar-refractivity contribution in [2.45, 2.75) is 57.8 Å². The molecule has 0 radical (unpaired) electrons. The number of fused-ring (bicyclic) bond motifs is 2. The third-order valence-electron chi connectivity index (χ3n) is 6.94. The summed E-state index contributed by atoms with van der Waals surface area (Å²) in [7, 11) is 0. The van der Waals surface area contributed by atoms with Crippen molar-refractivity contribution in [1.82, 2.24) is 28.7 Å². The van der Waals surface area contributed by atoms with E-state index in [9.17, 15) is 9.59 Å². The topological polar surface area (TPSA) is 117 Å². The molecule has 2 N–H and O–H groups in total. The number of aromatic nitrogens is 6. The van der Waals surface area contributed by atoms with Gasteiger partial charge in [0.1, 0.15) is 0 Å². The van der Waals surface area contributed by atoms with Crippen molar-refractivity contribution in [3.8, 4) is 11.8 Å². The fourth-order valence-corrected chi connectivity index (χ4v) is 5.03. The maximum Gasteiger partial charge on any atom is 0.333 e. The summed E-state index contributed by atoms with van der Waals surface area (Å²) in [6.45, 7) is 3.60. The first-order valence-electron chi connectivity index (χ1n) is 12.4. The minimum atomic E-state index is -0.377. The number of anilines is 1. The van der Waals surface area contributed by atoms with Crippen molar-refractivity contribution >= 4 is 28.1 Å². The summed E-state index contributed by atoms with van der Waals surface area (Å²) in [5, 5.41) is 0. The Morgan fingerprint density at radius 1 is 1.08 bits per heavy atom. The van der Waals surface area contributed by atoms with Gasteiger partial charge in [0.05, 0.1) is 29.8 Å². The number of hydrogen-bond acceptors (Lipinski definition) is 7. The first-order valence-corrected chi connectivity index (χ1v) is 12.4. The van der Waals surface area contributed by atoms with E-state index in [2.05, 4.69) is 26.7 Å². The van der Waals surface area contributed by atoms with Crippen LogP contribution in [0.2, 0.25) is 0 Å². The Morgan fingerprint density at radius 3 is 2.72 bits per heavy atom. The summed E-state index contributed by atoms with van der Waals surface area (Å²) in [5.74, 6) is 6.67. The van der Waals surface area contributed by atoms with E-state index in [1.54, 1.807) is 17.7 Å². The van der Waals surface area contributed by atoms with Crippen LogP contribution in [0, 0.1) is 11.8 Å². The van der Waals surface area contributed by atoms with Crippen LogP contribution in [0.4, 0.5) is 5.95 Å². The number of imidazole rings is 1. The average molecular weight is 485 g/mol. The molecule has 4 aromatic rings. The molecule has 1 atom stereocenters. The van der Waals surface area contributed by atoms with Gasteiger partial charge < -0.3 is 10.6 Å². The molecule has 2 aliphatic rings. The minimum Gasteiger partial charge on any atom is -0.341 e. The second-order valence-corrected chi connectivity index (χ2v) is 9.56. The maximum absolute atomic E-state index is 13.9. The molecule has 6 rings (SSSR count). The molecule has 1 aliphatic carbocycles. The van der Waals surface area contributed by atoms with Crippen LogP contribution < -0.4 is 21.9 Å². The van der Waals surface area contributed by atoms with Crippen molar-refractivity contribution in [2.24, 2.45) is 5.73 Å². The quantitative estimate of drug-likeness (QED) is 0.428. The van der Waals surface area contributed by atoms with Crippen molar-refractivity contribution < 1.29 is 0 Å². The highest BCUT2D eigenvalue weighted by molar-refractivity contribution is 5.76. The highest BCUT2D eigenvalue weighted by Crippen LogP contribution is 2.36. The van der Waals surface area contributed by atoms with E-state index in [4.69, 9.17) is 10.7 Å². The Labute approximate surface area is 207 Å². The normalized spacial score (nSPS) is 17.9. The van der Waals surface area contributed by atoms with Gasteiger partial charge in [-0.1, -0.05) is 5.92 Å². The van der Waals surface area contributed by atoms with Gasteiger partial charge in [0.15, 0.2) is 11.2 Å². The van der Waals surface area contributed by atoms with Crippen LogP contribution in [0.25, 0.3) is 22.2 Å². The predicted molar refractivity (Wildman–Crippen MR) is 138 cm³/mol. The van der Waals surface area contributed by atoms with E-state index < -0.39 is 0 Å². The van der Waals surface area contributed by atoms with Gasteiger partial charge >= 0.3 is 5.69 Å². The fourth-order valence-electron chi connectivity index (χ4n) is 5.03. The molecule has 4 aromatic heterocycles. The van der Waals surface area contributed by atoms with Gasteiger partial charge in [-0.3, -0.25) is 23.5 Å². The van der Waals surface area contributed by atoms with E-state index in [0.29, 0.717) is 35.9 Å². The van der Waals surface area contributed by atoms with Crippen molar-refractivity contribution in [2.75, 3.05) is 18.0 Å². The van der Waals surface area contributed by atoms with Crippen LogP contribution in [0.1, 0.15) is 44.3 Å². The number of nitrogens with zero attached hydrogens (tertiary/aromatic N) is 7. The van der Waals surface area contributed by atoms with E-state index >= 15 is 0 Å². The van der Waals surface area contributed by atoms with Gasteiger partial charge in [0.2, 0.25) is 5.95 Å². The largest absolute Gasteiger partial charge is 0.341 e. The highest BCUT2D eigenvalue weighted by Gasteiger charge is 2.32. The standard InChI is InChI=1S/C26H28N8O2/c1-2-3-14-32-22-23(30-25(32)31-13-5-6-17(27)15-31)34(19-9-10-19)26(36)33(24(22)35)16-18-8-11-20-21(29-18)7-4-12-28-20/h4,7-8,11-12,17,19H,5-6,9-10,13-16,27H2,1H3/t17-/m1/s1. The summed E-state index contributed by atoms with van der Waals surface area (Å²) < 4.78 is 4.84. The summed E-state index contributed by atoms with van der Waals surface area (Å²) in [6, 6.07) is 7.44. The van der Waals surface area contributed by atoms with E-state index in [0.717, 1.165) is 43.3 Å². The van der Waals surface area contributed by atoms with Crippen LogP contribution in [0.15, 0.2) is 40.1 Å². The molecule has 1 saturated carbocycles. The molecule has 0 spiro atoms. The van der Waals surface area contributed by atoms with Crippen LogP contribution in [-0.4, -0.2) is 47.8 Å². The molecule has 10 nitrogen and oxygen atoms in total. The number of nitrogens with two attached hydrogens (primary N) is 1.